The summed E-state index contributed by atoms with van der Waals surface area (Å²) in [6, 6.07) is 26.4. The lowest BCUT2D eigenvalue weighted by Gasteiger charge is -2.11. The topological polar surface area (TPSA) is 65.3 Å². The SMILES string of the molecule is CC1=NN(c2ccccc2)C(=O)C1=Cc1ccc(C=C2C(=O)N(c3ccccc3)N=C2C)cc1. The highest BCUT2D eigenvalue weighted by molar-refractivity contribution is 6.33. The van der Waals surface area contributed by atoms with Gasteiger partial charge in [-0.25, -0.2) is 0 Å². The highest BCUT2D eigenvalue weighted by Crippen LogP contribution is 2.26. The van der Waals surface area contributed by atoms with Crippen molar-refractivity contribution in [2.24, 2.45) is 10.2 Å². The minimum atomic E-state index is -0.153. The lowest BCUT2D eigenvalue weighted by molar-refractivity contribution is -0.115. The van der Waals surface area contributed by atoms with Crippen molar-refractivity contribution in [2.75, 3.05) is 10.0 Å². The molecule has 0 saturated heterocycles. The Bertz CT molecular complexity index is 1280. The maximum absolute atomic E-state index is 12.9. The quantitative estimate of drug-likeness (QED) is 0.511. The molecule has 0 radical (unpaired) electrons. The van der Waals surface area contributed by atoms with E-state index < -0.39 is 0 Å². The van der Waals surface area contributed by atoms with Crippen molar-refractivity contribution in [3.63, 3.8) is 0 Å². The van der Waals surface area contributed by atoms with Crippen LogP contribution < -0.4 is 10.0 Å². The number of hydrogen-bond acceptors (Lipinski definition) is 4. The summed E-state index contributed by atoms with van der Waals surface area (Å²) in [5, 5.41) is 11.7. The summed E-state index contributed by atoms with van der Waals surface area (Å²) in [5.74, 6) is -0.307. The summed E-state index contributed by atoms with van der Waals surface area (Å²) in [4.78, 5) is 25.8. The summed E-state index contributed by atoms with van der Waals surface area (Å²) in [6.07, 6.45) is 3.68. The summed E-state index contributed by atoms with van der Waals surface area (Å²) >= 11 is 0. The van der Waals surface area contributed by atoms with Gasteiger partial charge in [-0.3, -0.25) is 9.59 Å². The van der Waals surface area contributed by atoms with Crippen LogP contribution in [0.2, 0.25) is 0 Å². The number of nitrogens with zero attached hydrogens (tertiary/aromatic N) is 4. The van der Waals surface area contributed by atoms with E-state index in [0.717, 1.165) is 22.5 Å². The van der Waals surface area contributed by atoms with Gasteiger partial charge in [0, 0.05) is 0 Å². The van der Waals surface area contributed by atoms with Gasteiger partial charge in [0.05, 0.1) is 33.9 Å². The first-order chi connectivity index (χ1) is 16.5. The number of anilines is 2. The number of carbonyl (C=O) groups excluding carboxylic acids is 2. The molecule has 0 atom stereocenters. The van der Waals surface area contributed by atoms with Gasteiger partial charge in [-0.05, 0) is 61.4 Å². The average Bonchev–Trinajstić information content (AvgIpc) is 3.31. The van der Waals surface area contributed by atoms with Gasteiger partial charge in [0.15, 0.2) is 0 Å². The number of benzene rings is 3. The zero-order valence-corrected chi connectivity index (χ0v) is 18.8. The Kier molecular flexibility index (Phi) is 5.47. The molecule has 2 aliphatic heterocycles. The molecule has 0 bridgehead atoms. The van der Waals surface area contributed by atoms with E-state index in [9.17, 15) is 9.59 Å². The molecule has 2 aliphatic rings. The van der Waals surface area contributed by atoms with Gasteiger partial charge in [0.1, 0.15) is 0 Å². The van der Waals surface area contributed by atoms with E-state index in [1.165, 1.54) is 10.0 Å². The van der Waals surface area contributed by atoms with Crippen LogP contribution in [0.25, 0.3) is 12.2 Å². The van der Waals surface area contributed by atoms with Gasteiger partial charge in [0.25, 0.3) is 11.8 Å². The highest BCUT2D eigenvalue weighted by atomic mass is 16.2. The van der Waals surface area contributed by atoms with Crippen LogP contribution >= 0.6 is 0 Å². The van der Waals surface area contributed by atoms with Crippen LogP contribution in [0.4, 0.5) is 11.4 Å². The Hall–Kier alpha value is -4.58. The largest absolute Gasteiger partial charge is 0.280 e. The minimum Gasteiger partial charge on any atom is -0.267 e. The molecule has 2 heterocycles. The van der Waals surface area contributed by atoms with Crippen LogP contribution in [0, 0.1) is 0 Å². The highest BCUT2D eigenvalue weighted by Gasteiger charge is 2.29. The predicted octanol–water partition coefficient (Wildman–Crippen LogP) is 5.30. The van der Waals surface area contributed by atoms with Crippen LogP contribution in [0.3, 0.4) is 0 Å². The first-order valence-electron chi connectivity index (χ1n) is 10.9. The van der Waals surface area contributed by atoms with Crippen molar-refractivity contribution in [3.05, 3.63) is 107 Å². The van der Waals surface area contributed by atoms with E-state index in [1.807, 2.05) is 111 Å². The first-order valence-corrected chi connectivity index (χ1v) is 10.9. The van der Waals surface area contributed by atoms with Crippen molar-refractivity contribution in [2.45, 2.75) is 13.8 Å². The lowest BCUT2D eigenvalue weighted by atomic mass is 10.0. The number of rotatable bonds is 4. The maximum Gasteiger partial charge on any atom is 0.280 e. The van der Waals surface area contributed by atoms with Gasteiger partial charge in [-0.1, -0.05) is 60.7 Å². The average molecular weight is 447 g/mol. The molecule has 3 aromatic carbocycles. The van der Waals surface area contributed by atoms with E-state index in [0.29, 0.717) is 22.6 Å². The smallest absolute Gasteiger partial charge is 0.267 e. The van der Waals surface area contributed by atoms with Crippen LogP contribution in [-0.4, -0.2) is 23.2 Å². The Labute approximate surface area is 197 Å². The molecule has 0 N–H and O–H groups in total. The normalized spacial score (nSPS) is 18.2. The molecule has 166 valence electrons. The maximum atomic E-state index is 12.9. The van der Waals surface area contributed by atoms with Crippen LogP contribution in [0.1, 0.15) is 25.0 Å². The second-order valence-corrected chi connectivity index (χ2v) is 8.06. The first kappa shape index (κ1) is 21.3. The molecule has 5 rings (SSSR count). The van der Waals surface area contributed by atoms with Crippen LogP contribution in [0.15, 0.2) is 106 Å². The zero-order valence-electron chi connectivity index (χ0n) is 18.8. The monoisotopic (exact) mass is 446 g/mol. The molecule has 3 aromatic rings. The molecular weight excluding hydrogens is 424 g/mol. The fourth-order valence-corrected chi connectivity index (χ4v) is 3.88. The molecule has 0 aromatic heterocycles. The number of hydrazone groups is 2. The summed E-state index contributed by atoms with van der Waals surface area (Å²) in [5.41, 5.74) is 5.69. The molecule has 0 aliphatic carbocycles. The Morgan fingerprint density at radius 2 is 0.912 bits per heavy atom. The van der Waals surface area contributed by atoms with Gasteiger partial charge in [0.2, 0.25) is 0 Å². The minimum absolute atomic E-state index is 0.153. The number of para-hydroxylation sites is 2. The third-order valence-electron chi connectivity index (χ3n) is 5.69. The van der Waals surface area contributed by atoms with Crippen molar-refractivity contribution >= 4 is 46.8 Å². The number of carbonyl (C=O) groups is 2. The van der Waals surface area contributed by atoms with Gasteiger partial charge in [-0.15, -0.1) is 0 Å². The van der Waals surface area contributed by atoms with Gasteiger partial charge < -0.3 is 0 Å². The summed E-state index contributed by atoms with van der Waals surface area (Å²) < 4.78 is 0. The third kappa shape index (κ3) is 3.97. The third-order valence-corrected chi connectivity index (χ3v) is 5.69. The van der Waals surface area contributed by atoms with E-state index in [2.05, 4.69) is 10.2 Å². The fraction of sp³-hybridized carbons (Fsp3) is 0.0714. The number of amides is 2. The molecule has 6 nitrogen and oxygen atoms in total. The van der Waals surface area contributed by atoms with E-state index in [1.54, 1.807) is 0 Å². The van der Waals surface area contributed by atoms with Crippen molar-refractivity contribution in [3.8, 4) is 0 Å². The van der Waals surface area contributed by atoms with Crippen LogP contribution in [-0.2, 0) is 9.59 Å². The molecule has 34 heavy (non-hydrogen) atoms. The van der Waals surface area contributed by atoms with E-state index >= 15 is 0 Å². The Morgan fingerprint density at radius 3 is 1.26 bits per heavy atom. The van der Waals surface area contributed by atoms with Crippen molar-refractivity contribution < 1.29 is 9.59 Å². The standard InChI is InChI=1S/C28H22N4O2/c1-19-25(27(33)31(29-19)23-9-5-3-6-10-23)17-21-13-15-22(16-14-21)18-26-20(2)30-32(28(26)34)24-11-7-4-8-12-24/h3-18H,1-2H3. The summed E-state index contributed by atoms with van der Waals surface area (Å²) in [7, 11) is 0. The van der Waals surface area contributed by atoms with E-state index in [-0.39, 0.29) is 11.8 Å². The number of hydrogen-bond donors (Lipinski definition) is 0. The summed E-state index contributed by atoms with van der Waals surface area (Å²) in [6.45, 7) is 3.66. The van der Waals surface area contributed by atoms with E-state index in [4.69, 9.17) is 0 Å². The molecule has 0 spiro atoms. The second kappa shape index (κ2) is 8.75. The van der Waals surface area contributed by atoms with Gasteiger partial charge in [-0.2, -0.15) is 20.2 Å². The zero-order chi connectivity index (χ0) is 23.7. The fourth-order valence-electron chi connectivity index (χ4n) is 3.88. The Morgan fingerprint density at radius 1 is 0.559 bits per heavy atom. The molecule has 2 amide bonds. The molecule has 0 saturated carbocycles. The van der Waals surface area contributed by atoms with Crippen LogP contribution in [0.5, 0.6) is 0 Å². The van der Waals surface area contributed by atoms with Crippen molar-refractivity contribution in [1.29, 1.82) is 0 Å². The van der Waals surface area contributed by atoms with Gasteiger partial charge >= 0.3 is 0 Å². The molecule has 0 unspecified atom stereocenters. The van der Waals surface area contributed by atoms with Crippen molar-refractivity contribution in [1.82, 2.24) is 0 Å². The predicted molar refractivity (Wildman–Crippen MR) is 136 cm³/mol. The lowest BCUT2D eigenvalue weighted by Crippen LogP contribution is -2.21. The molecule has 6 heteroatoms. The molecular formula is C28H22N4O2. The Balaban J connectivity index is 1.36. The molecule has 0 fully saturated rings. The second-order valence-electron chi connectivity index (χ2n) is 8.06.